The van der Waals surface area contributed by atoms with Gasteiger partial charge in [-0.15, -0.1) is 0 Å². The first-order chi connectivity index (χ1) is 9.50. The normalized spacial score (nSPS) is 16.7. The summed E-state index contributed by atoms with van der Waals surface area (Å²) >= 11 is 0. The average Bonchev–Trinajstić information content (AvgIpc) is 2.24. The van der Waals surface area contributed by atoms with Crippen LogP contribution in [0.1, 0.15) is 0 Å². The van der Waals surface area contributed by atoms with Gasteiger partial charge in [0.25, 0.3) is 0 Å². The van der Waals surface area contributed by atoms with E-state index in [1.54, 1.807) is 0 Å². The van der Waals surface area contributed by atoms with Crippen molar-refractivity contribution in [3.05, 3.63) is 0 Å². The van der Waals surface area contributed by atoms with Crippen LogP contribution in [-0.4, -0.2) is 52.0 Å². The third-order valence-corrected chi connectivity index (χ3v) is 2.33. The molecule has 0 radical (unpaired) electrons. The first-order valence-electron chi connectivity index (χ1n) is 4.59. The van der Waals surface area contributed by atoms with Gasteiger partial charge >= 0.3 is 41.8 Å². The van der Waals surface area contributed by atoms with Crippen molar-refractivity contribution in [2.24, 2.45) is 0 Å². The van der Waals surface area contributed by atoms with Gasteiger partial charge in [0.2, 0.25) is 0 Å². The van der Waals surface area contributed by atoms with E-state index in [2.05, 4.69) is 0 Å². The molecule has 140 valence electrons. The molecule has 0 saturated heterocycles. The summed E-state index contributed by atoms with van der Waals surface area (Å²) in [5.41, 5.74) is 0. The van der Waals surface area contributed by atoms with E-state index in [-0.39, 0.29) is 0 Å². The second kappa shape index (κ2) is 4.97. The van der Waals surface area contributed by atoms with Crippen LogP contribution in [0.15, 0.2) is 0 Å². The number of hydrogen-bond acceptors (Lipinski definition) is 2. The second-order valence-electron chi connectivity index (χ2n) is 3.95. The van der Waals surface area contributed by atoms with E-state index in [1.807, 2.05) is 0 Å². The summed E-state index contributed by atoms with van der Waals surface area (Å²) in [5.74, 6) is -40.2. The zero-order valence-electron chi connectivity index (χ0n) is 9.69. The quantitative estimate of drug-likeness (QED) is 0.690. The van der Waals surface area contributed by atoms with Gasteiger partial charge in [0.1, 0.15) is 0 Å². The molecule has 0 atom stereocenters. The maximum absolute atomic E-state index is 12.7. The van der Waals surface area contributed by atoms with Crippen LogP contribution in [0.2, 0.25) is 0 Å². The van der Waals surface area contributed by atoms with Gasteiger partial charge in [0, 0.05) is 0 Å². The number of halogens is 14. The van der Waals surface area contributed by atoms with Crippen LogP contribution < -0.4 is 0 Å². The second-order valence-corrected chi connectivity index (χ2v) is 3.95. The molecule has 0 aromatic rings. The van der Waals surface area contributed by atoms with E-state index < -0.39 is 41.8 Å². The summed E-state index contributed by atoms with van der Waals surface area (Å²) in [6, 6.07) is 0. The minimum Gasteiger partial charge on any atom is -0.331 e. The number of hydrogen-bond donors (Lipinski definition) is 2. The molecule has 0 fully saturated rings. The first-order valence-corrected chi connectivity index (χ1v) is 4.59. The average molecular weight is 384 g/mol. The highest BCUT2D eigenvalue weighted by molar-refractivity contribution is 5.11. The number of rotatable bonds is 6. The van der Waals surface area contributed by atoms with Gasteiger partial charge in [-0.2, -0.15) is 61.5 Å². The summed E-state index contributed by atoms with van der Waals surface area (Å²) in [5, 5.41) is 14.7. The van der Waals surface area contributed by atoms with Gasteiger partial charge in [-0.3, -0.25) is 0 Å². The van der Waals surface area contributed by atoms with Gasteiger partial charge in [-0.05, 0) is 0 Å². The fourth-order valence-corrected chi connectivity index (χ4v) is 0.969. The minimum atomic E-state index is -8.27. The molecule has 0 amide bonds. The van der Waals surface area contributed by atoms with E-state index in [4.69, 9.17) is 10.2 Å². The summed E-state index contributed by atoms with van der Waals surface area (Å²) < 4.78 is 172. The predicted molar refractivity (Wildman–Crippen MR) is 39.1 cm³/mol. The Balaban J connectivity index is 6.37. The maximum Gasteiger partial charge on any atom is 0.423 e. The molecule has 0 aliphatic rings. The summed E-state index contributed by atoms with van der Waals surface area (Å²) in [7, 11) is 0. The Labute approximate surface area is 115 Å². The molecule has 0 aliphatic heterocycles. The standard InChI is InChI=1S/C7H2F14O2/c8-1(9,2(10,11)4(14,15)6(18,19)22)3(12,13)5(16,17)7(20,21)23/h22-23H. The molecule has 0 rings (SSSR count). The first kappa shape index (κ1) is 21.9. The van der Waals surface area contributed by atoms with Crippen LogP contribution in [0.5, 0.6) is 0 Å². The molecule has 0 spiro atoms. The fraction of sp³-hybridized carbons (Fsp3) is 1.00. The smallest absolute Gasteiger partial charge is 0.331 e. The zero-order chi connectivity index (χ0) is 19.5. The van der Waals surface area contributed by atoms with E-state index >= 15 is 0 Å². The lowest BCUT2D eigenvalue weighted by molar-refractivity contribution is -0.474. The third kappa shape index (κ3) is 2.68. The number of aliphatic hydroxyl groups is 2. The van der Waals surface area contributed by atoms with Crippen LogP contribution in [0.4, 0.5) is 61.5 Å². The van der Waals surface area contributed by atoms with Crippen molar-refractivity contribution in [1.82, 2.24) is 0 Å². The van der Waals surface area contributed by atoms with Gasteiger partial charge in [-0.1, -0.05) is 0 Å². The van der Waals surface area contributed by atoms with Gasteiger partial charge in [-0.25, -0.2) is 0 Å². The molecule has 0 heterocycles. The molecule has 0 aromatic heterocycles. The van der Waals surface area contributed by atoms with Crippen molar-refractivity contribution >= 4 is 0 Å². The topological polar surface area (TPSA) is 40.5 Å². The lowest BCUT2D eigenvalue weighted by Gasteiger charge is -2.40. The molecule has 16 heteroatoms. The van der Waals surface area contributed by atoms with Crippen LogP contribution in [0.25, 0.3) is 0 Å². The van der Waals surface area contributed by atoms with E-state index in [1.165, 1.54) is 0 Å². The monoisotopic (exact) mass is 384 g/mol. The van der Waals surface area contributed by atoms with E-state index in [9.17, 15) is 61.5 Å². The molecular formula is C7H2F14O2. The summed E-state index contributed by atoms with van der Waals surface area (Å²) in [4.78, 5) is 0. The van der Waals surface area contributed by atoms with Crippen LogP contribution in [0.3, 0.4) is 0 Å². The summed E-state index contributed by atoms with van der Waals surface area (Å²) in [6.45, 7) is 0. The molecule has 23 heavy (non-hydrogen) atoms. The van der Waals surface area contributed by atoms with Gasteiger partial charge in [0.15, 0.2) is 0 Å². The Morgan fingerprint density at radius 1 is 0.304 bits per heavy atom. The molecule has 2 nitrogen and oxygen atoms in total. The largest absolute Gasteiger partial charge is 0.423 e. The molecule has 0 unspecified atom stereocenters. The Kier molecular flexibility index (Phi) is 4.74. The Bertz CT molecular complexity index is 403. The lowest BCUT2D eigenvalue weighted by atomic mass is 9.93. The van der Waals surface area contributed by atoms with Gasteiger partial charge in [0.05, 0.1) is 0 Å². The molecule has 0 saturated carbocycles. The molecule has 2 N–H and O–H groups in total. The SMILES string of the molecule is OC(F)(F)C(F)(F)C(F)(F)C(F)(F)C(F)(F)C(F)(F)C(O)(F)F. The highest BCUT2D eigenvalue weighted by atomic mass is 19.4. The highest BCUT2D eigenvalue weighted by Gasteiger charge is 2.93. The fourth-order valence-electron chi connectivity index (χ4n) is 0.969. The van der Waals surface area contributed by atoms with Crippen molar-refractivity contribution in [3.63, 3.8) is 0 Å². The minimum absolute atomic E-state index is 7.13. The van der Waals surface area contributed by atoms with Crippen molar-refractivity contribution in [2.45, 2.75) is 41.8 Å². The Morgan fingerprint density at radius 2 is 0.435 bits per heavy atom. The third-order valence-electron chi connectivity index (χ3n) is 2.33. The molecular weight excluding hydrogens is 382 g/mol. The van der Waals surface area contributed by atoms with Crippen LogP contribution in [-0.2, 0) is 0 Å². The van der Waals surface area contributed by atoms with Crippen molar-refractivity contribution in [1.29, 1.82) is 0 Å². The van der Waals surface area contributed by atoms with Crippen LogP contribution >= 0.6 is 0 Å². The number of alkyl halides is 14. The predicted octanol–water partition coefficient (Wildman–Crippen LogP) is 3.33. The van der Waals surface area contributed by atoms with Crippen molar-refractivity contribution in [3.8, 4) is 0 Å². The zero-order valence-corrected chi connectivity index (χ0v) is 9.69. The van der Waals surface area contributed by atoms with Crippen LogP contribution in [0, 0.1) is 0 Å². The molecule has 0 bridgehead atoms. The Morgan fingerprint density at radius 3 is 0.565 bits per heavy atom. The maximum atomic E-state index is 12.7. The summed E-state index contributed by atoms with van der Waals surface area (Å²) in [6.07, 6.45) is -14.3. The van der Waals surface area contributed by atoms with E-state index in [0.717, 1.165) is 0 Å². The Hall–Kier alpha value is -1.06. The molecule has 0 aliphatic carbocycles. The van der Waals surface area contributed by atoms with E-state index in [0.29, 0.717) is 0 Å². The van der Waals surface area contributed by atoms with Crippen molar-refractivity contribution in [2.75, 3.05) is 0 Å². The van der Waals surface area contributed by atoms with Crippen molar-refractivity contribution < 1.29 is 71.7 Å². The highest BCUT2D eigenvalue weighted by Crippen LogP contribution is 2.61. The lowest BCUT2D eigenvalue weighted by Crippen LogP contribution is -2.73. The molecule has 0 aromatic carbocycles. The van der Waals surface area contributed by atoms with Gasteiger partial charge < -0.3 is 10.2 Å².